The Bertz CT molecular complexity index is 818. The average Bonchev–Trinajstić information content (AvgIpc) is 3.03. The Labute approximate surface area is 149 Å². The number of aromatic nitrogens is 2. The van der Waals surface area contributed by atoms with Crippen LogP contribution in [0.25, 0.3) is 0 Å². The number of thioether (sulfide) groups is 1. The van der Waals surface area contributed by atoms with Crippen molar-refractivity contribution in [1.29, 1.82) is 0 Å². The van der Waals surface area contributed by atoms with Crippen molar-refractivity contribution >= 4 is 34.1 Å². The molecule has 0 saturated carbocycles. The molecule has 6 heteroatoms. The molecule has 1 amide bonds. The fourth-order valence-electron chi connectivity index (χ4n) is 2.25. The summed E-state index contributed by atoms with van der Waals surface area (Å²) < 4.78 is 0. The molecule has 0 aliphatic heterocycles. The molecule has 0 atom stereocenters. The number of benzene rings is 2. The smallest absolute Gasteiger partial charge is 0.258 e. The molecule has 0 aliphatic carbocycles. The molecule has 3 rings (SSSR count). The van der Waals surface area contributed by atoms with Crippen LogP contribution in [0, 0.1) is 0 Å². The van der Waals surface area contributed by atoms with Crippen molar-refractivity contribution in [3.63, 3.8) is 0 Å². The van der Waals surface area contributed by atoms with Gasteiger partial charge in [0.2, 0.25) is 5.13 Å². The van der Waals surface area contributed by atoms with Crippen LogP contribution in [0.4, 0.5) is 5.13 Å². The third-order valence-electron chi connectivity index (χ3n) is 3.32. The van der Waals surface area contributed by atoms with Gasteiger partial charge in [-0.3, -0.25) is 10.1 Å². The molecule has 4 nitrogen and oxygen atoms in total. The van der Waals surface area contributed by atoms with E-state index in [1.165, 1.54) is 16.9 Å². The van der Waals surface area contributed by atoms with E-state index in [4.69, 9.17) is 0 Å². The minimum Gasteiger partial charge on any atom is -0.296 e. The second-order valence-corrected chi connectivity index (χ2v) is 7.41. The van der Waals surface area contributed by atoms with Crippen molar-refractivity contribution in [3.8, 4) is 0 Å². The molecule has 0 unspecified atom stereocenters. The highest BCUT2D eigenvalue weighted by molar-refractivity contribution is 7.99. The first-order chi connectivity index (χ1) is 11.8. The van der Waals surface area contributed by atoms with E-state index < -0.39 is 0 Å². The number of nitrogens with one attached hydrogen (secondary N) is 1. The first-order valence-corrected chi connectivity index (χ1v) is 9.46. The molecule has 2 aromatic carbocycles. The molecule has 0 aliphatic rings. The molecule has 1 aromatic heterocycles. The number of hydrogen-bond donors (Lipinski definition) is 1. The Hall–Kier alpha value is -2.18. The van der Waals surface area contributed by atoms with E-state index in [9.17, 15) is 4.79 Å². The summed E-state index contributed by atoms with van der Waals surface area (Å²) in [6, 6.07) is 17.7. The van der Waals surface area contributed by atoms with Crippen LogP contribution in [0.3, 0.4) is 0 Å². The number of rotatable bonds is 6. The second kappa shape index (κ2) is 8.08. The number of anilines is 1. The summed E-state index contributed by atoms with van der Waals surface area (Å²) in [5.41, 5.74) is 1.85. The zero-order chi connectivity index (χ0) is 16.8. The van der Waals surface area contributed by atoms with Gasteiger partial charge in [-0.2, -0.15) is 0 Å². The van der Waals surface area contributed by atoms with Gasteiger partial charge in [-0.1, -0.05) is 60.7 Å². The summed E-state index contributed by atoms with van der Waals surface area (Å²) in [4.78, 5) is 13.5. The number of nitrogens with zero attached hydrogens (tertiary/aromatic N) is 2. The monoisotopic (exact) mass is 355 g/mol. The molecule has 24 heavy (non-hydrogen) atoms. The predicted molar refractivity (Wildman–Crippen MR) is 100.0 cm³/mol. The highest BCUT2D eigenvalue weighted by Gasteiger charge is 2.13. The minimum atomic E-state index is -0.144. The normalized spacial score (nSPS) is 10.5. The molecule has 3 aromatic rings. The maximum absolute atomic E-state index is 12.5. The molecule has 0 bridgehead atoms. The van der Waals surface area contributed by atoms with Gasteiger partial charge in [0.15, 0.2) is 0 Å². The summed E-state index contributed by atoms with van der Waals surface area (Å²) in [6.45, 7) is 2.07. The number of carbonyl (C=O) groups is 1. The number of hydrogen-bond acceptors (Lipinski definition) is 5. The zero-order valence-corrected chi connectivity index (χ0v) is 14.9. The Balaban J connectivity index is 1.69. The molecular formula is C18H17N3OS2. The topological polar surface area (TPSA) is 54.9 Å². The van der Waals surface area contributed by atoms with Crippen LogP contribution in [-0.2, 0) is 6.42 Å². The molecule has 0 fully saturated rings. The van der Waals surface area contributed by atoms with Crippen LogP contribution >= 0.6 is 23.1 Å². The van der Waals surface area contributed by atoms with E-state index in [1.807, 2.05) is 42.5 Å². The fraction of sp³-hybridized carbons (Fsp3) is 0.167. The lowest BCUT2D eigenvalue weighted by Gasteiger charge is -2.06. The lowest BCUT2D eigenvalue weighted by atomic mass is 10.2. The van der Waals surface area contributed by atoms with Gasteiger partial charge in [0.1, 0.15) is 5.01 Å². The Kier molecular flexibility index (Phi) is 5.61. The van der Waals surface area contributed by atoms with Crippen molar-refractivity contribution < 1.29 is 4.79 Å². The quantitative estimate of drug-likeness (QED) is 0.662. The van der Waals surface area contributed by atoms with Crippen LogP contribution in [-0.4, -0.2) is 21.9 Å². The van der Waals surface area contributed by atoms with E-state index >= 15 is 0 Å². The Morgan fingerprint density at radius 2 is 1.83 bits per heavy atom. The summed E-state index contributed by atoms with van der Waals surface area (Å²) in [5.74, 6) is 0.776. The van der Waals surface area contributed by atoms with Crippen molar-refractivity contribution in [2.75, 3.05) is 11.1 Å². The molecule has 1 heterocycles. The molecule has 0 saturated heterocycles. The highest BCUT2D eigenvalue weighted by Crippen LogP contribution is 2.24. The van der Waals surface area contributed by atoms with Gasteiger partial charge in [-0.15, -0.1) is 22.0 Å². The van der Waals surface area contributed by atoms with Crippen LogP contribution in [0.15, 0.2) is 59.5 Å². The lowest BCUT2D eigenvalue weighted by Crippen LogP contribution is -2.12. The first kappa shape index (κ1) is 16.7. The number of amides is 1. The maximum Gasteiger partial charge on any atom is 0.258 e. The molecule has 1 N–H and O–H groups in total. The lowest BCUT2D eigenvalue weighted by molar-refractivity contribution is 0.102. The standard InChI is InChI=1S/C18H17N3OS2/c1-2-23-15-11-7-6-10-14(15)17(22)19-18-21-20-16(24-18)12-13-8-4-3-5-9-13/h3-11H,2,12H2,1H3,(H,19,21,22). The van der Waals surface area contributed by atoms with E-state index in [2.05, 4.69) is 34.6 Å². The van der Waals surface area contributed by atoms with Gasteiger partial charge in [0, 0.05) is 11.3 Å². The third-order valence-corrected chi connectivity index (χ3v) is 5.11. The van der Waals surface area contributed by atoms with Gasteiger partial charge >= 0.3 is 0 Å². The van der Waals surface area contributed by atoms with Gasteiger partial charge in [-0.25, -0.2) is 0 Å². The number of carbonyl (C=O) groups excluding carboxylic acids is 1. The maximum atomic E-state index is 12.5. The molecule has 0 radical (unpaired) electrons. The van der Waals surface area contributed by atoms with Gasteiger partial charge in [-0.05, 0) is 23.4 Å². The zero-order valence-electron chi connectivity index (χ0n) is 13.2. The molecule has 122 valence electrons. The van der Waals surface area contributed by atoms with Crippen LogP contribution in [0.2, 0.25) is 0 Å². The van der Waals surface area contributed by atoms with E-state index in [1.54, 1.807) is 11.8 Å². The average molecular weight is 355 g/mol. The van der Waals surface area contributed by atoms with Crippen molar-refractivity contribution in [2.24, 2.45) is 0 Å². The third kappa shape index (κ3) is 4.21. The van der Waals surface area contributed by atoms with Crippen molar-refractivity contribution in [3.05, 3.63) is 70.7 Å². The highest BCUT2D eigenvalue weighted by atomic mass is 32.2. The van der Waals surface area contributed by atoms with Crippen molar-refractivity contribution in [1.82, 2.24) is 10.2 Å². The van der Waals surface area contributed by atoms with Gasteiger partial charge in [0.25, 0.3) is 5.91 Å². The van der Waals surface area contributed by atoms with Gasteiger partial charge < -0.3 is 0 Å². The van der Waals surface area contributed by atoms with E-state index in [-0.39, 0.29) is 5.91 Å². The van der Waals surface area contributed by atoms with Crippen LogP contribution in [0.1, 0.15) is 27.9 Å². The van der Waals surface area contributed by atoms with E-state index in [0.717, 1.165) is 22.1 Å². The van der Waals surface area contributed by atoms with Crippen molar-refractivity contribution in [2.45, 2.75) is 18.2 Å². The fourth-order valence-corrected chi connectivity index (χ4v) is 3.82. The summed E-state index contributed by atoms with van der Waals surface area (Å²) >= 11 is 3.06. The summed E-state index contributed by atoms with van der Waals surface area (Å²) in [5, 5.41) is 12.5. The first-order valence-electron chi connectivity index (χ1n) is 7.65. The molecular weight excluding hydrogens is 338 g/mol. The summed E-state index contributed by atoms with van der Waals surface area (Å²) in [6.07, 6.45) is 0.719. The Morgan fingerprint density at radius 3 is 2.62 bits per heavy atom. The molecule has 0 spiro atoms. The van der Waals surface area contributed by atoms with E-state index in [0.29, 0.717) is 10.7 Å². The summed E-state index contributed by atoms with van der Waals surface area (Å²) in [7, 11) is 0. The van der Waals surface area contributed by atoms with Gasteiger partial charge in [0.05, 0.1) is 5.56 Å². The minimum absolute atomic E-state index is 0.144. The predicted octanol–water partition coefficient (Wildman–Crippen LogP) is 4.49. The largest absolute Gasteiger partial charge is 0.296 e. The second-order valence-electron chi connectivity index (χ2n) is 5.05. The Morgan fingerprint density at radius 1 is 1.08 bits per heavy atom. The van der Waals surface area contributed by atoms with Crippen LogP contribution < -0.4 is 5.32 Å². The SMILES string of the molecule is CCSc1ccccc1C(=O)Nc1nnc(Cc2ccccc2)s1. The van der Waals surface area contributed by atoms with Crippen LogP contribution in [0.5, 0.6) is 0 Å².